The van der Waals surface area contributed by atoms with Crippen LogP contribution in [0.1, 0.15) is 32.2 Å². The minimum absolute atomic E-state index is 0.504. The highest BCUT2D eigenvalue weighted by Gasteiger charge is 2.30. The normalized spacial score (nSPS) is 23.3. The maximum atomic E-state index is 6.25. The zero-order chi connectivity index (χ0) is 13.4. The van der Waals surface area contributed by atoms with E-state index >= 15 is 0 Å². The summed E-state index contributed by atoms with van der Waals surface area (Å²) in [7, 11) is 0. The largest absolute Gasteiger partial charge is 0.329 e. The highest BCUT2D eigenvalue weighted by molar-refractivity contribution is 7.99. The van der Waals surface area contributed by atoms with Crippen molar-refractivity contribution in [2.45, 2.75) is 37.5 Å². The molecule has 2 unspecified atom stereocenters. The average molecular weight is 313 g/mol. The first-order valence-electron chi connectivity index (χ1n) is 6.72. The summed E-state index contributed by atoms with van der Waals surface area (Å²) < 4.78 is 3.09. The van der Waals surface area contributed by atoms with E-state index in [1.165, 1.54) is 19.3 Å². The molecule has 1 aliphatic rings. The number of fused-ring (bicyclic) bond motifs is 1. The first-order chi connectivity index (χ1) is 9.22. The third-order valence-electron chi connectivity index (χ3n) is 3.83. The van der Waals surface area contributed by atoms with Crippen LogP contribution in [0.2, 0.25) is 5.02 Å². The predicted molar refractivity (Wildman–Crippen MR) is 86.9 cm³/mol. The number of para-hydroxylation sites is 1. The van der Waals surface area contributed by atoms with Crippen molar-refractivity contribution in [2.75, 3.05) is 5.75 Å². The fraction of sp³-hybridized carbons (Fsp3) is 0.500. The Hall–Kier alpha value is -0.450. The lowest BCUT2D eigenvalue weighted by atomic mass is 10.2. The molecule has 1 aliphatic carbocycles. The lowest BCUT2D eigenvalue weighted by Crippen LogP contribution is -2.16. The number of halogens is 1. The topological polar surface area (TPSA) is 20.7 Å². The summed E-state index contributed by atoms with van der Waals surface area (Å²) in [6.45, 7) is 2.23. The number of hydrogen-bond donors (Lipinski definition) is 1. The van der Waals surface area contributed by atoms with Gasteiger partial charge in [-0.15, -0.1) is 0 Å². The summed E-state index contributed by atoms with van der Waals surface area (Å²) in [4.78, 5) is 3.27. The summed E-state index contributed by atoms with van der Waals surface area (Å²) in [5.74, 6) is 1.16. The molecule has 3 rings (SSSR count). The van der Waals surface area contributed by atoms with Gasteiger partial charge in [-0.3, -0.25) is 0 Å². The molecular weight excluding hydrogens is 296 g/mol. The minimum Gasteiger partial charge on any atom is -0.329 e. The number of rotatable bonds is 3. The van der Waals surface area contributed by atoms with Crippen LogP contribution in [0.15, 0.2) is 18.2 Å². The Balaban J connectivity index is 2.12. The number of hydrogen-bond acceptors (Lipinski definition) is 2. The molecule has 19 heavy (non-hydrogen) atoms. The van der Waals surface area contributed by atoms with Crippen molar-refractivity contribution in [3.05, 3.63) is 28.0 Å². The van der Waals surface area contributed by atoms with E-state index in [0.29, 0.717) is 11.3 Å². The Labute approximate surface area is 127 Å². The molecule has 0 radical (unpaired) electrons. The molecule has 0 saturated heterocycles. The maximum absolute atomic E-state index is 6.25. The van der Waals surface area contributed by atoms with Gasteiger partial charge in [0.15, 0.2) is 4.77 Å². The van der Waals surface area contributed by atoms with Crippen LogP contribution in [0, 0.1) is 4.77 Å². The second-order valence-electron chi connectivity index (χ2n) is 4.93. The van der Waals surface area contributed by atoms with Crippen LogP contribution in [-0.4, -0.2) is 20.6 Å². The summed E-state index contributed by atoms with van der Waals surface area (Å²) in [6.07, 6.45) is 3.79. The van der Waals surface area contributed by atoms with Gasteiger partial charge in [0, 0.05) is 11.3 Å². The van der Waals surface area contributed by atoms with Crippen LogP contribution in [0.25, 0.3) is 11.0 Å². The maximum Gasteiger partial charge on any atom is 0.178 e. The van der Waals surface area contributed by atoms with Gasteiger partial charge in [0.2, 0.25) is 0 Å². The standard InChI is InChI=1S/C14H17ClN2S2/c1-2-19-12-8-4-6-10(12)17-11-7-3-5-9(15)13(11)16-14(17)18/h3,5,7,10,12H,2,4,6,8H2,1H3,(H,16,18). The highest BCUT2D eigenvalue weighted by Crippen LogP contribution is 2.40. The van der Waals surface area contributed by atoms with Crippen molar-refractivity contribution in [1.82, 2.24) is 9.55 Å². The van der Waals surface area contributed by atoms with Crippen molar-refractivity contribution in [1.29, 1.82) is 0 Å². The molecule has 2 aromatic rings. The van der Waals surface area contributed by atoms with Gasteiger partial charge in [0.05, 0.1) is 16.1 Å². The predicted octanol–water partition coefficient (Wildman–Crippen LogP) is 5.20. The van der Waals surface area contributed by atoms with Crippen LogP contribution in [0.5, 0.6) is 0 Å². The number of aromatic nitrogens is 2. The fourth-order valence-corrected chi connectivity index (χ4v) is 4.85. The third-order valence-corrected chi connectivity index (χ3v) is 5.76. The molecule has 1 heterocycles. The minimum atomic E-state index is 0.504. The zero-order valence-corrected chi connectivity index (χ0v) is 13.2. The zero-order valence-electron chi connectivity index (χ0n) is 10.9. The molecule has 1 aromatic carbocycles. The van der Waals surface area contributed by atoms with E-state index in [2.05, 4.69) is 34.3 Å². The van der Waals surface area contributed by atoms with Crippen molar-refractivity contribution in [2.24, 2.45) is 0 Å². The van der Waals surface area contributed by atoms with Crippen LogP contribution in [0.4, 0.5) is 0 Å². The molecule has 5 heteroatoms. The van der Waals surface area contributed by atoms with Crippen molar-refractivity contribution >= 4 is 46.6 Å². The summed E-state index contributed by atoms with van der Waals surface area (Å²) in [5.41, 5.74) is 2.12. The smallest absolute Gasteiger partial charge is 0.178 e. The van der Waals surface area contributed by atoms with Gasteiger partial charge in [-0.05, 0) is 42.9 Å². The lowest BCUT2D eigenvalue weighted by Gasteiger charge is -2.21. The van der Waals surface area contributed by atoms with Crippen LogP contribution >= 0.6 is 35.6 Å². The van der Waals surface area contributed by atoms with E-state index in [0.717, 1.165) is 26.6 Å². The monoisotopic (exact) mass is 312 g/mol. The molecule has 2 atom stereocenters. The third kappa shape index (κ3) is 2.34. The van der Waals surface area contributed by atoms with E-state index in [1.807, 2.05) is 12.1 Å². The van der Waals surface area contributed by atoms with Gasteiger partial charge < -0.3 is 9.55 Å². The van der Waals surface area contributed by atoms with E-state index in [1.54, 1.807) is 0 Å². The first-order valence-corrected chi connectivity index (χ1v) is 8.56. The molecule has 0 amide bonds. The molecule has 0 aliphatic heterocycles. The number of thioether (sulfide) groups is 1. The van der Waals surface area contributed by atoms with Gasteiger partial charge >= 0.3 is 0 Å². The molecule has 1 saturated carbocycles. The van der Waals surface area contributed by atoms with Crippen molar-refractivity contribution < 1.29 is 0 Å². The van der Waals surface area contributed by atoms with E-state index in [4.69, 9.17) is 23.8 Å². The quantitative estimate of drug-likeness (QED) is 0.786. The number of imidazole rings is 1. The number of H-pyrrole nitrogens is 1. The molecule has 102 valence electrons. The second-order valence-corrected chi connectivity index (χ2v) is 7.24. The SMILES string of the molecule is CCSC1CCCC1n1c(=S)[nH]c2c(Cl)cccc21. The van der Waals surface area contributed by atoms with Crippen LogP contribution in [0.3, 0.4) is 0 Å². The molecule has 1 aromatic heterocycles. The number of aromatic amines is 1. The Morgan fingerprint density at radius 2 is 2.32 bits per heavy atom. The lowest BCUT2D eigenvalue weighted by molar-refractivity contribution is 0.536. The Morgan fingerprint density at radius 3 is 3.11 bits per heavy atom. The number of nitrogens with one attached hydrogen (secondary N) is 1. The molecule has 0 bridgehead atoms. The number of benzene rings is 1. The van der Waals surface area contributed by atoms with Crippen molar-refractivity contribution in [3.8, 4) is 0 Å². The van der Waals surface area contributed by atoms with E-state index in [9.17, 15) is 0 Å². The second kappa shape index (κ2) is 5.51. The van der Waals surface area contributed by atoms with Gasteiger partial charge in [-0.25, -0.2) is 0 Å². The van der Waals surface area contributed by atoms with Gasteiger partial charge in [0.1, 0.15) is 0 Å². The molecule has 0 spiro atoms. The van der Waals surface area contributed by atoms with E-state index < -0.39 is 0 Å². The van der Waals surface area contributed by atoms with Gasteiger partial charge in [0.25, 0.3) is 0 Å². The molecule has 1 N–H and O–H groups in total. The Bertz CT molecular complexity index is 646. The van der Waals surface area contributed by atoms with Crippen molar-refractivity contribution in [3.63, 3.8) is 0 Å². The molecule has 1 fully saturated rings. The number of nitrogens with zero attached hydrogens (tertiary/aromatic N) is 1. The summed E-state index contributed by atoms with van der Waals surface area (Å²) in [6, 6.07) is 6.52. The summed E-state index contributed by atoms with van der Waals surface area (Å²) >= 11 is 13.8. The van der Waals surface area contributed by atoms with Gasteiger partial charge in [-0.1, -0.05) is 31.0 Å². The first kappa shape index (κ1) is 13.5. The average Bonchev–Trinajstić information content (AvgIpc) is 2.94. The van der Waals surface area contributed by atoms with Gasteiger partial charge in [-0.2, -0.15) is 11.8 Å². The van der Waals surface area contributed by atoms with Crippen LogP contribution < -0.4 is 0 Å². The van der Waals surface area contributed by atoms with Crippen LogP contribution in [-0.2, 0) is 0 Å². The van der Waals surface area contributed by atoms with E-state index in [-0.39, 0.29) is 0 Å². The summed E-state index contributed by atoms with van der Waals surface area (Å²) in [5, 5.41) is 1.43. The fourth-order valence-electron chi connectivity index (χ4n) is 3.05. The highest BCUT2D eigenvalue weighted by atomic mass is 35.5. The Morgan fingerprint density at radius 1 is 1.47 bits per heavy atom. The molecule has 2 nitrogen and oxygen atoms in total. The molecular formula is C14H17ClN2S2. The Kier molecular flexibility index (Phi) is 3.92.